The number of hydrogen-bond donors (Lipinski definition) is 0. The summed E-state index contributed by atoms with van der Waals surface area (Å²) in [6, 6.07) is 13.2. The van der Waals surface area contributed by atoms with E-state index in [0.29, 0.717) is 18.8 Å². The maximum absolute atomic E-state index is 15.1. The Hall–Kier alpha value is -3.40. The van der Waals surface area contributed by atoms with Gasteiger partial charge in [-0.3, -0.25) is 4.90 Å². The number of halogens is 3. The Labute approximate surface area is 201 Å². The number of likely N-dealkylation sites (tertiary alicyclic amines) is 2. The Balaban J connectivity index is 1.34. The van der Waals surface area contributed by atoms with Crippen LogP contribution in [-0.4, -0.2) is 59.3 Å². The second-order valence-electron chi connectivity index (χ2n) is 9.42. The van der Waals surface area contributed by atoms with Gasteiger partial charge in [0.15, 0.2) is 0 Å². The third-order valence-electron chi connectivity index (χ3n) is 6.93. The molecule has 3 heterocycles. The van der Waals surface area contributed by atoms with Crippen molar-refractivity contribution in [3.8, 4) is 11.5 Å². The Bertz CT molecular complexity index is 1190. The second kappa shape index (κ2) is 9.33. The van der Waals surface area contributed by atoms with Crippen molar-refractivity contribution >= 4 is 11.7 Å². The third kappa shape index (κ3) is 4.75. The van der Waals surface area contributed by atoms with Crippen molar-refractivity contribution in [2.24, 2.45) is 5.41 Å². The number of carbonyl (C=O) groups excluding carboxylic acids is 1. The smallest absolute Gasteiger partial charge is 0.324 e. The van der Waals surface area contributed by atoms with Crippen LogP contribution in [0.2, 0.25) is 0 Å². The number of piperidine rings is 1. The van der Waals surface area contributed by atoms with Crippen LogP contribution < -0.4 is 4.90 Å². The molecule has 184 valence electrons. The van der Waals surface area contributed by atoms with E-state index in [-0.39, 0.29) is 35.0 Å². The van der Waals surface area contributed by atoms with Crippen molar-refractivity contribution in [2.75, 3.05) is 38.1 Å². The minimum atomic E-state index is -2.90. The van der Waals surface area contributed by atoms with Crippen molar-refractivity contribution < 1.29 is 22.4 Å². The molecular weight excluding hydrogens is 459 g/mol. The average molecular weight is 486 g/mol. The van der Waals surface area contributed by atoms with Crippen molar-refractivity contribution in [2.45, 2.75) is 25.8 Å². The molecule has 2 saturated heterocycles. The first-order valence-corrected chi connectivity index (χ1v) is 11.5. The van der Waals surface area contributed by atoms with Crippen LogP contribution in [0.1, 0.15) is 30.7 Å². The summed E-state index contributed by atoms with van der Waals surface area (Å²) >= 11 is 0. The molecule has 0 radical (unpaired) electrons. The van der Waals surface area contributed by atoms with E-state index in [0.717, 1.165) is 32.0 Å². The molecule has 10 heteroatoms. The quantitative estimate of drug-likeness (QED) is 0.511. The third-order valence-corrected chi connectivity index (χ3v) is 6.93. The van der Waals surface area contributed by atoms with Crippen LogP contribution in [0, 0.1) is 11.2 Å². The minimum absolute atomic E-state index is 0.0211. The number of nitrogens with zero attached hydrogens (tertiary/aromatic N) is 5. The van der Waals surface area contributed by atoms with Crippen LogP contribution in [0.15, 0.2) is 52.9 Å². The molecule has 0 saturated carbocycles. The van der Waals surface area contributed by atoms with Crippen LogP contribution in [0.25, 0.3) is 11.5 Å². The van der Waals surface area contributed by atoms with Crippen LogP contribution in [-0.2, 0) is 6.54 Å². The summed E-state index contributed by atoms with van der Waals surface area (Å²) in [6.45, 7) is 3.48. The normalized spacial score (nSPS) is 17.6. The number of carbonyl (C=O) groups is 1. The number of hydrogen-bond acceptors (Lipinski definition) is 5. The molecule has 1 aromatic heterocycles. The fourth-order valence-corrected chi connectivity index (χ4v) is 4.77. The number of amides is 2. The number of para-hydroxylation sites is 1. The van der Waals surface area contributed by atoms with E-state index in [9.17, 15) is 13.6 Å². The monoisotopic (exact) mass is 485 g/mol. The zero-order valence-electron chi connectivity index (χ0n) is 19.3. The van der Waals surface area contributed by atoms with Gasteiger partial charge in [-0.2, -0.15) is 8.78 Å². The molecule has 5 rings (SSSR count). The number of alkyl halides is 2. The molecule has 0 unspecified atom stereocenters. The molecule has 2 aliphatic heterocycles. The van der Waals surface area contributed by atoms with Gasteiger partial charge < -0.3 is 14.2 Å². The van der Waals surface area contributed by atoms with Gasteiger partial charge in [-0.15, -0.1) is 10.2 Å². The van der Waals surface area contributed by atoms with E-state index < -0.39 is 18.1 Å². The SMILES string of the molecule is CN1CCC2(CC1)CN(C(=O)N(Cc1ccc(-c3nnc(C(F)F)o3)cc1F)c1ccccc1)C2. The second-order valence-corrected chi connectivity index (χ2v) is 9.42. The molecule has 2 aromatic carbocycles. The summed E-state index contributed by atoms with van der Waals surface area (Å²) in [5.74, 6) is -1.60. The molecule has 2 fully saturated rings. The number of benzene rings is 2. The highest BCUT2D eigenvalue weighted by Crippen LogP contribution is 2.41. The summed E-state index contributed by atoms with van der Waals surface area (Å²) < 4.78 is 45.5. The van der Waals surface area contributed by atoms with E-state index >= 15 is 4.39 Å². The molecule has 3 aromatic rings. The van der Waals surface area contributed by atoms with Gasteiger partial charge in [-0.05, 0) is 57.2 Å². The van der Waals surface area contributed by atoms with E-state index in [1.165, 1.54) is 12.1 Å². The molecule has 0 atom stereocenters. The Morgan fingerprint density at radius 1 is 1.11 bits per heavy atom. The highest BCUT2D eigenvalue weighted by atomic mass is 19.3. The molecule has 0 N–H and O–H groups in total. The fourth-order valence-electron chi connectivity index (χ4n) is 4.77. The van der Waals surface area contributed by atoms with Crippen LogP contribution in [0.3, 0.4) is 0 Å². The predicted molar refractivity (Wildman–Crippen MR) is 123 cm³/mol. The number of urea groups is 1. The number of aromatic nitrogens is 2. The Kier molecular flexibility index (Phi) is 6.22. The van der Waals surface area contributed by atoms with Crippen LogP contribution >= 0.6 is 0 Å². The first-order chi connectivity index (χ1) is 16.8. The van der Waals surface area contributed by atoms with E-state index in [1.54, 1.807) is 4.90 Å². The van der Waals surface area contributed by atoms with Gasteiger partial charge in [0, 0.05) is 35.3 Å². The van der Waals surface area contributed by atoms with Gasteiger partial charge in [-0.25, -0.2) is 9.18 Å². The lowest BCUT2D eigenvalue weighted by atomic mass is 9.72. The van der Waals surface area contributed by atoms with Crippen LogP contribution in [0.5, 0.6) is 0 Å². The lowest BCUT2D eigenvalue weighted by Gasteiger charge is -2.54. The molecule has 2 aliphatic rings. The molecular formula is C25H26F3N5O2. The van der Waals surface area contributed by atoms with Gasteiger partial charge in [-0.1, -0.05) is 24.3 Å². The van der Waals surface area contributed by atoms with Crippen molar-refractivity contribution in [1.82, 2.24) is 20.0 Å². The number of anilines is 1. The van der Waals surface area contributed by atoms with Gasteiger partial charge in [0.1, 0.15) is 5.82 Å². The average Bonchev–Trinajstić information content (AvgIpc) is 3.34. The lowest BCUT2D eigenvalue weighted by molar-refractivity contribution is -0.0147. The molecule has 1 spiro atoms. The summed E-state index contributed by atoms with van der Waals surface area (Å²) in [5.41, 5.74) is 1.33. The highest BCUT2D eigenvalue weighted by Gasteiger charge is 2.47. The Morgan fingerprint density at radius 2 is 1.83 bits per heavy atom. The summed E-state index contributed by atoms with van der Waals surface area (Å²) in [4.78, 5) is 19.2. The van der Waals surface area contributed by atoms with Gasteiger partial charge in [0.05, 0.1) is 6.54 Å². The molecule has 35 heavy (non-hydrogen) atoms. The summed E-state index contributed by atoms with van der Waals surface area (Å²) in [5, 5.41) is 6.85. The van der Waals surface area contributed by atoms with E-state index in [2.05, 4.69) is 22.1 Å². The first-order valence-electron chi connectivity index (χ1n) is 11.5. The first kappa shape index (κ1) is 23.3. The largest absolute Gasteiger partial charge is 0.415 e. The van der Waals surface area contributed by atoms with E-state index in [1.807, 2.05) is 35.2 Å². The Morgan fingerprint density at radius 3 is 2.46 bits per heavy atom. The maximum Gasteiger partial charge on any atom is 0.324 e. The number of rotatable bonds is 5. The van der Waals surface area contributed by atoms with Crippen LogP contribution in [0.4, 0.5) is 23.7 Å². The molecule has 7 nitrogen and oxygen atoms in total. The minimum Gasteiger partial charge on any atom is -0.415 e. The summed E-state index contributed by atoms with van der Waals surface area (Å²) in [7, 11) is 2.11. The van der Waals surface area contributed by atoms with Gasteiger partial charge >= 0.3 is 12.5 Å². The van der Waals surface area contributed by atoms with Gasteiger partial charge in [0.25, 0.3) is 5.89 Å². The van der Waals surface area contributed by atoms with Crippen molar-refractivity contribution in [3.63, 3.8) is 0 Å². The van der Waals surface area contributed by atoms with Crippen molar-refractivity contribution in [3.05, 3.63) is 65.8 Å². The highest BCUT2D eigenvalue weighted by molar-refractivity contribution is 5.92. The maximum atomic E-state index is 15.1. The lowest BCUT2D eigenvalue weighted by Crippen LogP contribution is -2.63. The zero-order valence-corrected chi connectivity index (χ0v) is 19.3. The topological polar surface area (TPSA) is 65.7 Å². The fraction of sp³-hybridized carbons (Fsp3) is 0.400. The standard InChI is InChI=1S/C25H26F3N5O2/c1-31-11-9-25(10-12-31)15-32(16-25)24(34)33(19-5-3-2-4-6-19)14-18-8-7-17(13-20(18)26)22-29-30-23(35-22)21(27)28/h2-8,13,21H,9-12,14-16H2,1H3. The zero-order chi connectivity index (χ0) is 24.6. The van der Waals surface area contributed by atoms with Gasteiger partial charge in [0.2, 0.25) is 5.89 Å². The molecule has 0 bridgehead atoms. The van der Waals surface area contributed by atoms with Crippen molar-refractivity contribution in [1.29, 1.82) is 0 Å². The predicted octanol–water partition coefficient (Wildman–Crippen LogP) is 4.97. The van der Waals surface area contributed by atoms with E-state index in [4.69, 9.17) is 4.42 Å². The molecule has 0 aliphatic carbocycles. The molecule has 2 amide bonds. The summed E-state index contributed by atoms with van der Waals surface area (Å²) in [6.07, 6.45) is -0.768.